The minimum atomic E-state index is -0.829. The molecule has 2 saturated heterocycles. The molecule has 2 aromatic rings. The SMILES string of the molecule is CC1(C)O[C@@H]2[C@H](O1)[C@@H](CO)O[C@H]2n1c(=O)[nH]c(=O)c2cscc21. The maximum Gasteiger partial charge on any atom is 0.331 e. The van der Waals surface area contributed by atoms with Crippen LogP contribution in [0.15, 0.2) is 20.3 Å². The smallest absolute Gasteiger partial charge is 0.331 e. The average molecular weight is 340 g/mol. The van der Waals surface area contributed by atoms with Crippen molar-refractivity contribution in [1.82, 2.24) is 9.55 Å². The molecule has 0 aliphatic carbocycles. The molecule has 9 heteroatoms. The summed E-state index contributed by atoms with van der Waals surface area (Å²) in [5.41, 5.74) is -0.518. The molecule has 0 aromatic carbocycles. The third kappa shape index (κ3) is 2.19. The molecule has 2 aliphatic heterocycles. The van der Waals surface area contributed by atoms with Crippen LogP contribution in [0.4, 0.5) is 0 Å². The summed E-state index contributed by atoms with van der Waals surface area (Å²) in [4.78, 5) is 26.5. The van der Waals surface area contributed by atoms with Gasteiger partial charge in [0.2, 0.25) is 0 Å². The van der Waals surface area contributed by atoms with Gasteiger partial charge in [-0.15, -0.1) is 11.3 Å². The number of aliphatic hydroxyl groups is 1. The number of H-pyrrole nitrogens is 1. The van der Waals surface area contributed by atoms with Gasteiger partial charge < -0.3 is 19.3 Å². The quantitative estimate of drug-likeness (QED) is 0.807. The highest BCUT2D eigenvalue weighted by Crippen LogP contribution is 2.43. The average Bonchev–Trinajstić information content (AvgIpc) is 3.13. The van der Waals surface area contributed by atoms with Crippen LogP contribution in [0.1, 0.15) is 20.1 Å². The molecule has 0 bridgehead atoms. The molecule has 2 aliphatic rings. The number of nitrogens with zero attached hydrogens (tertiary/aromatic N) is 1. The van der Waals surface area contributed by atoms with E-state index in [1.165, 1.54) is 15.9 Å². The fourth-order valence-electron chi connectivity index (χ4n) is 3.25. The van der Waals surface area contributed by atoms with Crippen molar-refractivity contribution in [1.29, 1.82) is 0 Å². The highest BCUT2D eigenvalue weighted by molar-refractivity contribution is 7.09. The van der Waals surface area contributed by atoms with E-state index in [1.54, 1.807) is 24.6 Å². The summed E-state index contributed by atoms with van der Waals surface area (Å²) >= 11 is 1.32. The molecule has 2 fully saturated rings. The fraction of sp³-hybridized carbons (Fsp3) is 0.571. The fourth-order valence-corrected chi connectivity index (χ4v) is 4.05. The summed E-state index contributed by atoms with van der Waals surface area (Å²) in [6.45, 7) is 3.29. The largest absolute Gasteiger partial charge is 0.394 e. The molecular formula is C14H16N2O6S. The third-order valence-corrected chi connectivity index (χ3v) is 4.88. The Morgan fingerprint density at radius 1 is 1.30 bits per heavy atom. The van der Waals surface area contributed by atoms with Crippen molar-refractivity contribution in [2.75, 3.05) is 6.61 Å². The number of thiophene rings is 1. The molecule has 23 heavy (non-hydrogen) atoms. The van der Waals surface area contributed by atoms with E-state index < -0.39 is 41.6 Å². The van der Waals surface area contributed by atoms with Crippen molar-refractivity contribution in [2.24, 2.45) is 0 Å². The maximum atomic E-state index is 12.4. The van der Waals surface area contributed by atoms with E-state index in [9.17, 15) is 14.7 Å². The second kappa shape index (κ2) is 4.99. The normalized spacial score (nSPS) is 32.5. The number of hydrogen-bond donors (Lipinski definition) is 2. The van der Waals surface area contributed by atoms with Gasteiger partial charge in [0, 0.05) is 10.8 Å². The standard InChI is InChI=1S/C14H16N2O6S/c1-14(2)21-9-8(3-17)20-12(10(9)22-14)16-7-5-23-4-6(7)11(18)15-13(16)19/h4-5,8-10,12,17H,3H2,1-2H3,(H,15,18,19)/t8-,9-,10-,12-/m1/s1. The van der Waals surface area contributed by atoms with Crippen LogP contribution < -0.4 is 11.2 Å². The molecule has 0 unspecified atom stereocenters. The first-order valence-corrected chi connectivity index (χ1v) is 8.18. The monoisotopic (exact) mass is 340 g/mol. The summed E-state index contributed by atoms with van der Waals surface area (Å²) in [6, 6.07) is 0. The van der Waals surface area contributed by atoms with Crippen LogP contribution in [0.2, 0.25) is 0 Å². The number of hydrogen-bond acceptors (Lipinski definition) is 7. The number of aromatic nitrogens is 2. The van der Waals surface area contributed by atoms with Gasteiger partial charge >= 0.3 is 5.69 Å². The van der Waals surface area contributed by atoms with Crippen LogP contribution in [0.25, 0.3) is 10.9 Å². The van der Waals surface area contributed by atoms with E-state index >= 15 is 0 Å². The van der Waals surface area contributed by atoms with Crippen LogP contribution in [-0.2, 0) is 14.2 Å². The van der Waals surface area contributed by atoms with Gasteiger partial charge in [-0.1, -0.05) is 0 Å². The first kappa shape index (κ1) is 15.0. The van der Waals surface area contributed by atoms with Crippen molar-refractivity contribution >= 4 is 22.2 Å². The number of fused-ring (bicyclic) bond motifs is 2. The Morgan fingerprint density at radius 3 is 2.78 bits per heavy atom. The first-order chi connectivity index (χ1) is 10.9. The van der Waals surface area contributed by atoms with Crippen molar-refractivity contribution in [3.8, 4) is 0 Å². The Labute approximate surface area is 134 Å². The lowest BCUT2D eigenvalue weighted by Crippen LogP contribution is -2.37. The number of aliphatic hydroxyl groups excluding tert-OH is 1. The Balaban J connectivity index is 1.87. The predicted octanol–water partition coefficient (Wildman–Crippen LogP) is 0.161. The van der Waals surface area contributed by atoms with Crippen molar-refractivity contribution in [3.63, 3.8) is 0 Å². The molecule has 2 N–H and O–H groups in total. The van der Waals surface area contributed by atoms with Crippen molar-refractivity contribution in [2.45, 2.75) is 44.2 Å². The lowest BCUT2D eigenvalue weighted by molar-refractivity contribution is -0.200. The topological polar surface area (TPSA) is 103 Å². The Bertz CT molecular complexity index is 868. The number of ether oxygens (including phenoxy) is 3. The summed E-state index contributed by atoms with van der Waals surface area (Å²) in [5.74, 6) is -0.829. The molecule has 8 nitrogen and oxygen atoms in total. The molecule has 0 amide bonds. The third-order valence-electron chi connectivity index (χ3n) is 4.14. The van der Waals surface area contributed by atoms with E-state index in [-0.39, 0.29) is 6.61 Å². The van der Waals surface area contributed by atoms with Gasteiger partial charge in [-0.05, 0) is 13.8 Å². The van der Waals surface area contributed by atoms with E-state index in [0.29, 0.717) is 10.9 Å². The molecular weight excluding hydrogens is 324 g/mol. The van der Waals surface area contributed by atoms with E-state index in [4.69, 9.17) is 14.2 Å². The summed E-state index contributed by atoms with van der Waals surface area (Å²) < 4.78 is 18.8. The molecule has 4 atom stereocenters. The Morgan fingerprint density at radius 2 is 2.04 bits per heavy atom. The van der Waals surface area contributed by atoms with Crippen LogP contribution >= 0.6 is 11.3 Å². The number of nitrogens with one attached hydrogen (secondary N) is 1. The molecule has 2 aromatic heterocycles. The van der Waals surface area contributed by atoms with Gasteiger partial charge in [-0.2, -0.15) is 0 Å². The lowest BCUT2D eigenvalue weighted by Gasteiger charge is -2.24. The van der Waals surface area contributed by atoms with Crippen LogP contribution in [0.5, 0.6) is 0 Å². The summed E-state index contributed by atoms with van der Waals surface area (Å²) in [7, 11) is 0. The van der Waals surface area contributed by atoms with E-state index in [2.05, 4.69) is 4.98 Å². The molecule has 124 valence electrons. The molecule has 0 spiro atoms. The van der Waals surface area contributed by atoms with Gasteiger partial charge in [0.25, 0.3) is 5.56 Å². The lowest BCUT2D eigenvalue weighted by atomic mass is 10.1. The van der Waals surface area contributed by atoms with Gasteiger partial charge in [0.1, 0.15) is 18.3 Å². The van der Waals surface area contributed by atoms with Crippen LogP contribution in [0.3, 0.4) is 0 Å². The zero-order valence-electron chi connectivity index (χ0n) is 12.5. The molecule has 4 rings (SSSR count). The summed E-state index contributed by atoms with van der Waals surface area (Å²) in [5, 5.41) is 13.3. The first-order valence-electron chi connectivity index (χ1n) is 7.24. The van der Waals surface area contributed by atoms with E-state index in [1.807, 2.05) is 0 Å². The minimum absolute atomic E-state index is 0.248. The highest BCUT2D eigenvalue weighted by atomic mass is 32.1. The predicted molar refractivity (Wildman–Crippen MR) is 81.5 cm³/mol. The zero-order valence-corrected chi connectivity index (χ0v) is 13.3. The Hall–Kier alpha value is -1.52. The molecule has 4 heterocycles. The number of rotatable bonds is 2. The maximum absolute atomic E-state index is 12.4. The second-order valence-corrected chi connectivity index (χ2v) is 6.86. The minimum Gasteiger partial charge on any atom is -0.394 e. The van der Waals surface area contributed by atoms with Gasteiger partial charge in [0.15, 0.2) is 12.0 Å². The van der Waals surface area contributed by atoms with Gasteiger partial charge in [-0.3, -0.25) is 14.3 Å². The van der Waals surface area contributed by atoms with Crippen LogP contribution in [-0.4, -0.2) is 45.4 Å². The van der Waals surface area contributed by atoms with Crippen molar-refractivity contribution in [3.05, 3.63) is 31.6 Å². The highest BCUT2D eigenvalue weighted by Gasteiger charge is 2.56. The summed E-state index contributed by atoms with van der Waals surface area (Å²) in [6.07, 6.45) is -2.40. The molecule has 0 saturated carbocycles. The number of aromatic amines is 1. The zero-order chi connectivity index (χ0) is 16.4. The van der Waals surface area contributed by atoms with Crippen LogP contribution in [0, 0.1) is 0 Å². The Kier molecular flexibility index (Phi) is 3.26. The molecule has 0 radical (unpaired) electrons. The second-order valence-electron chi connectivity index (χ2n) is 6.11. The van der Waals surface area contributed by atoms with Gasteiger partial charge in [0.05, 0.1) is 17.5 Å². The van der Waals surface area contributed by atoms with Crippen molar-refractivity contribution < 1.29 is 19.3 Å². The van der Waals surface area contributed by atoms with E-state index in [0.717, 1.165) is 0 Å². The van der Waals surface area contributed by atoms with Gasteiger partial charge in [-0.25, -0.2) is 4.79 Å².